The highest BCUT2D eigenvalue weighted by Crippen LogP contribution is 2.26. The van der Waals surface area contributed by atoms with Crippen LogP contribution in [0.1, 0.15) is 121 Å². The van der Waals surface area contributed by atoms with Crippen molar-refractivity contribution in [3.8, 4) is 16.9 Å². The molecule has 0 heterocycles. The normalized spacial score (nSPS) is 12.0. The zero-order chi connectivity index (χ0) is 28.3. The van der Waals surface area contributed by atoms with Crippen LogP contribution in [0.3, 0.4) is 0 Å². The second-order valence-corrected chi connectivity index (χ2v) is 11.6. The van der Waals surface area contributed by atoms with Crippen LogP contribution in [-0.4, -0.2) is 6.61 Å². The van der Waals surface area contributed by atoms with Gasteiger partial charge in [-0.3, -0.25) is 0 Å². The molecule has 0 fully saturated rings. The zero-order valence-corrected chi connectivity index (χ0v) is 25.8. The van der Waals surface area contributed by atoms with Gasteiger partial charge < -0.3 is 9.47 Å². The fourth-order valence-corrected chi connectivity index (χ4v) is 5.22. The fourth-order valence-electron chi connectivity index (χ4n) is 5.09. The van der Waals surface area contributed by atoms with E-state index in [1.54, 1.807) is 0 Å². The summed E-state index contributed by atoms with van der Waals surface area (Å²) in [6.45, 7) is 5.82. The van der Waals surface area contributed by atoms with Crippen molar-refractivity contribution in [3.63, 3.8) is 0 Å². The highest BCUT2D eigenvalue weighted by Gasteiger charge is 2.07. The molecule has 218 valence electrons. The van der Waals surface area contributed by atoms with E-state index >= 15 is 0 Å². The number of ether oxygens (including phenoxy) is 2. The van der Waals surface area contributed by atoms with Crippen LogP contribution in [0.5, 0.6) is 5.75 Å². The van der Waals surface area contributed by atoms with E-state index in [1.165, 1.54) is 100 Å². The van der Waals surface area contributed by atoms with Gasteiger partial charge in [0.15, 0.2) is 0 Å². The van der Waals surface area contributed by atoms with Crippen molar-refractivity contribution in [3.05, 3.63) is 88.9 Å². The Kier molecular flexibility index (Phi) is 15.9. The van der Waals surface area contributed by atoms with E-state index in [2.05, 4.69) is 50.2 Å². The third kappa shape index (κ3) is 12.9. The number of hydrogen-bond donors (Lipinski definition) is 0. The second kappa shape index (κ2) is 19.7. The highest BCUT2D eigenvalue weighted by atomic mass is 35.5. The molecular weight excluding hydrogens is 512 g/mol. The van der Waals surface area contributed by atoms with E-state index in [1.807, 2.05) is 36.4 Å². The fraction of sp³-hybridized carbons (Fsp3) is 0.514. The number of rotatable bonds is 21. The first-order valence-electron chi connectivity index (χ1n) is 15.8. The maximum Gasteiger partial charge on any atom is 0.119 e. The van der Waals surface area contributed by atoms with Crippen LogP contribution in [0, 0.1) is 0 Å². The third-order valence-electron chi connectivity index (χ3n) is 7.75. The standard InChI is InChI=1S/C37H51ClO2/c1-3-4-5-6-7-8-9-10-11-12-13-14-15-16-29-39-31(2)33-19-21-34(22-20-33)35-23-27-37(28-24-35)40-30-32-17-25-36(38)26-18-32/h17-28,31H,3-16,29-30H2,1-2H3. The Morgan fingerprint density at radius 1 is 0.575 bits per heavy atom. The molecule has 3 heteroatoms. The average Bonchev–Trinajstić information content (AvgIpc) is 2.99. The van der Waals surface area contributed by atoms with E-state index in [9.17, 15) is 0 Å². The molecule has 40 heavy (non-hydrogen) atoms. The Morgan fingerprint density at radius 2 is 1.05 bits per heavy atom. The molecule has 0 bridgehead atoms. The number of halogens is 1. The molecule has 0 N–H and O–H groups in total. The molecule has 0 radical (unpaired) electrons. The van der Waals surface area contributed by atoms with Gasteiger partial charge in [0.25, 0.3) is 0 Å². The first kappa shape index (κ1) is 32.2. The smallest absolute Gasteiger partial charge is 0.119 e. The van der Waals surface area contributed by atoms with Gasteiger partial charge >= 0.3 is 0 Å². The third-order valence-corrected chi connectivity index (χ3v) is 8.00. The first-order chi connectivity index (χ1) is 19.7. The Bertz CT molecular complexity index is 1030. The lowest BCUT2D eigenvalue weighted by atomic mass is 10.0. The quantitative estimate of drug-likeness (QED) is 0.120. The van der Waals surface area contributed by atoms with Crippen molar-refractivity contribution in [2.45, 2.75) is 116 Å². The predicted molar refractivity (Wildman–Crippen MR) is 172 cm³/mol. The summed E-state index contributed by atoms with van der Waals surface area (Å²) in [5.41, 5.74) is 4.72. The monoisotopic (exact) mass is 562 g/mol. The van der Waals surface area contributed by atoms with Gasteiger partial charge in [0.1, 0.15) is 12.4 Å². The minimum Gasteiger partial charge on any atom is -0.489 e. The average molecular weight is 563 g/mol. The summed E-state index contributed by atoms with van der Waals surface area (Å²) in [6.07, 6.45) is 19.5. The maximum atomic E-state index is 6.14. The lowest BCUT2D eigenvalue weighted by Crippen LogP contribution is -2.01. The summed E-state index contributed by atoms with van der Waals surface area (Å²) < 4.78 is 12.1. The predicted octanol–water partition coefficient (Wildman–Crippen LogP) is 12.1. The van der Waals surface area contributed by atoms with Crippen LogP contribution in [0.15, 0.2) is 72.8 Å². The molecule has 0 aromatic heterocycles. The van der Waals surface area contributed by atoms with Crippen molar-refractivity contribution in [2.24, 2.45) is 0 Å². The SMILES string of the molecule is CCCCCCCCCCCCCCCCOC(C)c1ccc(-c2ccc(OCc3ccc(Cl)cc3)cc2)cc1. The van der Waals surface area contributed by atoms with Gasteiger partial charge in [0.05, 0.1) is 6.10 Å². The van der Waals surface area contributed by atoms with Crippen molar-refractivity contribution >= 4 is 11.6 Å². The minimum absolute atomic E-state index is 0.125. The lowest BCUT2D eigenvalue weighted by molar-refractivity contribution is 0.0627. The van der Waals surface area contributed by atoms with E-state index < -0.39 is 0 Å². The van der Waals surface area contributed by atoms with Crippen LogP contribution < -0.4 is 4.74 Å². The highest BCUT2D eigenvalue weighted by molar-refractivity contribution is 6.30. The zero-order valence-electron chi connectivity index (χ0n) is 25.0. The molecule has 3 rings (SSSR count). The Morgan fingerprint density at radius 3 is 1.57 bits per heavy atom. The molecular formula is C37H51ClO2. The molecule has 2 nitrogen and oxygen atoms in total. The minimum atomic E-state index is 0.125. The van der Waals surface area contributed by atoms with Gasteiger partial charge in [0, 0.05) is 11.6 Å². The summed E-state index contributed by atoms with van der Waals surface area (Å²) >= 11 is 5.96. The van der Waals surface area contributed by atoms with Crippen LogP contribution in [0.2, 0.25) is 5.02 Å². The number of benzene rings is 3. The molecule has 0 aliphatic heterocycles. The summed E-state index contributed by atoms with van der Waals surface area (Å²) in [5.74, 6) is 0.862. The molecule has 3 aromatic rings. The molecule has 0 aliphatic carbocycles. The maximum absolute atomic E-state index is 6.14. The van der Waals surface area contributed by atoms with Gasteiger partial charge in [-0.05, 0) is 59.9 Å². The van der Waals surface area contributed by atoms with E-state index in [-0.39, 0.29) is 6.10 Å². The largest absolute Gasteiger partial charge is 0.489 e. The molecule has 1 unspecified atom stereocenters. The van der Waals surface area contributed by atoms with Crippen molar-refractivity contribution in [1.82, 2.24) is 0 Å². The molecule has 0 saturated heterocycles. The summed E-state index contributed by atoms with van der Waals surface area (Å²) in [4.78, 5) is 0. The van der Waals surface area contributed by atoms with E-state index in [4.69, 9.17) is 21.1 Å². The summed E-state index contributed by atoms with van der Waals surface area (Å²) in [5, 5.41) is 0.741. The van der Waals surface area contributed by atoms with Crippen molar-refractivity contribution < 1.29 is 9.47 Å². The van der Waals surface area contributed by atoms with Crippen LogP contribution in [0.4, 0.5) is 0 Å². The van der Waals surface area contributed by atoms with Crippen LogP contribution in [0.25, 0.3) is 11.1 Å². The lowest BCUT2D eigenvalue weighted by Gasteiger charge is -2.14. The number of hydrogen-bond acceptors (Lipinski definition) is 2. The number of unbranched alkanes of at least 4 members (excludes halogenated alkanes) is 13. The topological polar surface area (TPSA) is 18.5 Å². The summed E-state index contributed by atoms with van der Waals surface area (Å²) in [7, 11) is 0. The van der Waals surface area contributed by atoms with Gasteiger partial charge in [0.2, 0.25) is 0 Å². The molecule has 3 aromatic carbocycles. The van der Waals surface area contributed by atoms with E-state index in [0.29, 0.717) is 6.61 Å². The van der Waals surface area contributed by atoms with Gasteiger partial charge in [-0.2, -0.15) is 0 Å². The van der Waals surface area contributed by atoms with Crippen LogP contribution in [-0.2, 0) is 11.3 Å². The molecule has 0 aliphatic rings. The van der Waals surface area contributed by atoms with E-state index in [0.717, 1.165) is 29.4 Å². The van der Waals surface area contributed by atoms with Crippen molar-refractivity contribution in [2.75, 3.05) is 6.61 Å². The molecule has 1 atom stereocenters. The van der Waals surface area contributed by atoms with Crippen molar-refractivity contribution in [1.29, 1.82) is 0 Å². The Hall–Kier alpha value is -2.29. The molecule has 0 saturated carbocycles. The van der Waals surface area contributed by atoms with Gasteiger partial charge in [-0.25, -0.2) is 0 Å². The second-order valence-electron chi connectivity index (χ2n) is 11.2. The Labute approximate surface area is 249 Å². The molecule has 0 amide bonds. The van der Waals surface area contributed by atoms with Crippen LogP contribution >= 0.6 is 11.6 Å². The summed E-state index contributed by atoms with van der Waals surface area (Å²) in [6, 6.07) is 24.8. The first-order valence-corrected chi connectivity index (χ1v) is 16.2. The molecule has 0 spiro atoms. The van der Waals surface area contributed by atoms with Gasteiger partial charge in [-0.15, -0.1) is 0 Å². The van der Waals surface area contributed by atoms with Gasteiger partial charge in [-0.1, -0.05) is 151 Å². The Balaban J connectivity index is 1.23.